The lowest BCUT2D eigenvalue weighted by Crippen LogP contribution is -2.21. The van der Waals surface area contributed by atoms with E-state index in [1.807, 2.05) is 13.1 Å². The Morgan fingerprint density at radius 3 is 2.56 bits per heavy atom. The van der Waals surface area contributed by atoms with Gasteiger partial charge in [-0.15, -0.1) is 0 Å². The van der Waals surface area contributed by atoms with Crippen molar-refractivity contribution in [3.8, 4) is 5.75 Å². The summed E-state index contributed by atoms with van der Waals surface area (Å²) in [6, 6.07) is 6.47. The molecule has 0 aliphatic rings. The Hall–Kier alpha value is -1.06. The van der Waals surface area contributed by atoms with Gasteiger partial charge in [0.1, 0.15) is 5.75 Å². The Bertz CT molecular complexity index is 326. The number of likely N-dealkylation sites (N-methyl/N-ethyl adjacent to an activating group) is 1. The van der Waals surface area contributed by atoms with E-state index < -0.39 is 0 Å². The van der Waals surface area contributed by atoms with E-state index in [4.69, 9.17) is 9.47 Å². The van der Waals surface area contributed by atoms with E-state index in [0.717, 1.165) is 17.7 Å². The SMILES string of the molecule is CCc1ccc(OC)c(C(COC)NC)c1. The molecule has 0 heterocycles. The predicted octanol–water partition coefficient (Wildman–Crippen LogP) is 2.16. The fraction of sp³-hybridized carbons (Fsp3) is 0.538. The summed E-state index contributed by atoms with van der Waals surface area (Å²) >= 11 is 0. The lowest BCUT2D eigenvalue weighted by atomic mass is 10.0. The molecule has 1 aromatic carbocycles. The molecule has 0 spiro atoms. The summed E-state index contributed by atoms with van der Waals surface area (Å²) in [4.78, 5) is 0. The van der Waals surface area contributed by atoms with Crippen LogP contribution >= 0.6 is 0 Å². The molecule has 16 heavy (non-hydrogen) atoms. The Labute approximate surface area is 97.8 Å². The maximum atomic E-state index is 5.38. The molecule has 0 aliphatic carbocycles. The fourth-order valence-electron chi connectivity index (χ4n) is 1.77. The van der Waals surface area contributed by atoms with Gasteiger partial charge in [0.25, 0.3) is 0 Å². The van der Waals surface area contributed by atoms with Gasteiger partial charge >= 0.3 is 0 Å². The lowest BCUT2D eigenvalue weighted by molar-refractivity contribution is 0.169. The summed E-state index contributed by atoms with van der Waals surface area (Å²) in [5, 5.41) is 3.24. The third kappa shape index (κ3) is 2.97. The zero-order valence-corrected chi connectivity index (χ0v) is 10.5. The molecule has 1 unspecified atom stereocenters. The van der Waals surface area contributed by atoms with Crippen LogP contribution < -0.4 is 10.1 Å². The van der Waals surface area contributed by atoms with Crippen LogP contribution in [-0.4, -0.2) is 27.9 Å². The van der Waals surface area contributed by atoms with E-state index >= 15 is 0 Å². The molecule has 1 atom stereocenters. The Morgan fingerprint density at radius 2 is 2.06 bits per heavy atom. The molecule has 1 N–H and O–H groups in total. The van der Waals surface area contributed by atoms with Gasteiger partial charge in [-0.1, -0.05) is 19.1 Å². The van der Waals surface area contributed by atoms with E-state index in [1.54, 1.807) is 14.2 Å². The van der Waals surface area contributed by atoms with Crippen LogP contribution in [0.1, 0.15) is 24.1 Å². The van der Waals surface area contributed by atoms with Crippen molar-refractivity contribution >= 4 is 0 Å². The highest BCUT2D eigenvalue weighted by molar-refractivity contribution is 5.39. The van der Waals surface area contributed by atoms with Crippen molar-refractivity contribution in [3.05, 3.63) is 29.3 Å². The second kappa shape index (κ2) is 6.51. The summed E-state index contributed by atoms with van der Waals surface area (Å²) in [6.45, 7) is 2.79. The third-order valence-electron chi connectivity index (χ3n) is 2.76. The van der Waals surface area contributed by atoms with Crippen molar-refractivity contribution in [2.24, 2.45) is 0 Å². The number of benzene rings is 1. The van der Waals surface area contributed by atoms with E-state index in [2.05, 4.69) is 24.4 Å². The molecule has 0 radical (unpaired) electrons. The summed E-state index contributed by atoms with van der Waals surface area (Å²) in [5.74, 6) is 0.911. The number of hydrogen-bond donors (Lipinski definition) is 1. The number of ether oxygens (including phenoxy) is 2. The monoisotopic (exact) mass is 223 g/mol. The number of aryl methyl sites for hydroxylation is 1. The normalized spacial score (nSPS) is 12.5. The zero-order valence-electron chi connectivity index (χ0n) is 10.5. The highest BCUT2D eigenvalue weighted by Gasteiger charge is 2.14. The van der Waals surface area contributed by atoms with E-state index in [0.29, 0.717) is 6.61 Å². The molecule has 0 fully saturated rings. The molecule has 1 aromatic rings. The van der Waals surface area contributed by atoms with Crippen LogP contribution in [0, 0.1) is 0 Å². The maximum Gasteiger partial charge on any atom is 0.123 e. The van der Waals surface area contributed by atoms with E-state index in [-0.39, 0.29) is 6.04 Å². The van der Waals surface area contributed by atoms with Gasteiger partial charge in [0.15, 0.2) is 0 Å². The highest BCUT2D eigenvalue weighted by atomic mass is 16.5. The number of methoxy groups -OCH3 is 2. The molecule has 0 aliphatic heterocycles. The predicted molar refractivity (Wildman–Crippen MR) is 66.0 cm³/mol. The first-order valence-corrected chi connectivity index (χ1v) is 5.59. The highest BCUT2D eigenvalue weighted by Crippen LogP contribution is 2.26. The standard InChI is InChI=1S/C13H21NO2/c1-5-10-6-7-13(16-4)11(8-10)12(14-2)9-15-3/h6-8,12,14H,5,9H2,1-4H3. The minimum atomic E-state index is 0.173. The number of rotatable bonds is 6. The largest absolute Gasteiger partial charge is 0.496 e. The summed E-state index contributed by atoms with van der Waals surface area (Å²) in [7, 11) is 5.34. The number of hydrogen-bond acceptors (Lipinski definition) is 3. The van der Waals surface area contributed by atoms with Gasteiger partial charge in [-0.25, -0.2) is 0 Å². The second-order valence-electron chi connectivity index (χ2n) is 3.73. The van der Waals surface area contributed by atoms with E-state index in [1.165, 1.54) is 5.56 Å². The van der Waals surface area contributed by atoms with Gasteiger partial charge in [0, 0.05) is 12.7 Å². The van der Waals surface area contributed by atoms with Crippen molar-refractivity contribution < 1.29 is 9.47 Å². The molecule has 0 amide bonds. The van der Waals surface area contributed by atoms with Crippen LogP contribution in [0.2, 0.25) is 0 Å². The van der Waals surface area contributed by atoms with E-state index in [9.17, 15) is 0 Å². The average Bonchev–Trinajstić information content (AvgIpc) is 2.35. The summed E-state index contributed by atoms with van der Waals surface area (Å²) in [5.41, 5.74) is 2.47. The van der Waals surface area contributed by atoms with Crippen molar-refractivity contribution in [2.75, 3.05) is 27.9 Å². The van der Waals surface area contributed by atoms with Gasteiger partial charge in [0.2, 0.25) is 0 Å². The quantitative estimate of drug-likeness (QED) is 0.801. The third-order valence-corrected chi connectivity index (χ3v) is 2.76. The Morgan fingerprint density at radius 1 is 1.31 bits per heavy atom. The zero-order chi connectivity index (χ0) is 12.0. The van der Waals surface area contributed by atoms with Crippen LogP contribution in [0.5, 0.6) is 5.75 Å². The molecule has 0 bridgehead atoms. The van der Waals surface area contributed by atoms with Gasteiger partial charge in [-0.05, 0) is 25.1 Å². The van der Waals surface area contributed by atoms with Crippen LogP contribution in [0.15, 0.2) is 18.2 Å². The first kappa shape index (κ1) is 13.0. The van der Waals surface area contributed by atoms with Crippen molar-refractivity contribution in [2.45, 2.75) is 19.4 Å². The Balaban J connectivity index is 3.05. The van der Waals surface area contributed by atoms with Crippen LogP contribution in [0.3, 0.4) is 0 Å². The molecule has 0 aromatic heterocycles. The van der Waals surface area contributed by atoms with Gasteiger partial charge < -0.3 is 14.8 Å². The topological polar surface area (TPSA) is 30.5 Å². The maximum absolute atomic E-state index is 5.38. The Kier molecular flexibility index (Phi) is 5.29. The van der Waals surface area contributed by atoms with Crippen molar-refractivity contribution in [1.29, 1.82) is 0 Å². The molecule has 3 nitrogen and oxygen atoms in total. The summed E-state index contributed by atoms with van der Waals surface area (Å²) in [6.07, 6.45) is 1.03. The number of nitrogens with one attached hydrogen (secondary N) is 1. The first-order chi connectivity index (χ1) is 7.76. The average molecular weight is 223 g/mol. The summed E-state index contributed by atoms with van der Waals surface area (Å²) < 4.78 is 10.6. The molecular weight excluding hydrogens is 202 g/mol. The van der Waals surface area contributed by atoms with Gasteiger partial charge in [-0.2, -0.15) is 0 Å². The van der Waals surface area contributed by atoms with Crippen molar-refractivity contribution in [1.82, 2.24) is 5.32 Å². The van der Waals surface area contributed by atoms with Crippen molar-refractivity contribution in [3.63, 3.8) is 0 Å². The molecular formula is C13H21NO2. The van der Waals surface area contributed by atoms with Crippen LogP contribution in [-0.2, 0) is 11.2 Å². The molecule has 0 saturated carbocycles. The molecule has 90 valence electrons. The van der Waals surface area contributed by atoms with Gasteiger partial charge in [-0.3, -0.25) is 0 Å². The van der Waals surface area contributed by atoms with Crippen LogP contribution in [0.4, 0.5) is 0 Å². The fourth-order valence-corrected chi connectivity index (χ4v) is 1.77. The van der Waals surface area contributed by atoms with Crippen LogP contribution in [0.25, 0.3) is 0 Å². The minimum absolute atomic E-state index is 0.173. The molecule has 3 heteroatoms. The van der Waals surface area contributed by atoms with Gasteiger partial charge in [0.05, 0.1) is 19.8 Å². The first-order valence-electron chi connectivity index (χ1n) is 5.59. The second-order valence-corrected chi connectivity index (χ2v) is 3.73. The molecule has 0 saturated heterocycles. The smallest absolute Gasteiger partial charge is 0.123 e. The molecule has 1 rings (SSSR count). The lowest BCUT2D eigenvalue weighted by Gasteiger charge is -2.19. The minimum Gasteiger partial charge on any atom is -0.496 e.